The van der Waals surface area contributed by atoms with Crippen LogP contribution in [0.2, 0.25) is 0 Å². The van der Waals surface area contributed by atoms with Gasteiger partial charge in [0.2, 0.25) is 0 Å². The number of rotatable bonds is 1. The van der Waals surface area contributed by atoms with Crippen LogP contribution in [-0.2, 0) is 0 Å². The van der Waals surface area contributed by atoms with Gasteiger partial charge in [0, 0.05) is 6.16 Å². The summed E-state index contributed by atoms with van der Waals surface area (Å²) in [6, 6.07) is 0. The molecule has 0 rings (SSSR count). The second-order valence-corrected chi connectivity index (χ2v) is 6.91. The van der Waals surface area contributed by atoms with Gasteiger partial charge in [0.15, 0.2) is 0 Å². The SMILES string of the molecule is CC(C)(C)CP(Cl)Cl. The molecule has 0 saturated heterocycles. The fraction of sp³-hybridized carbons (Fsp3) is 1.00. The van der Waals surface area contributed by atoms with Crippen LogP contribution in [0.25, 0.3) is 0 Å². The Hall–Kier alpha value is 1.01. The van der Waals surface area contributed by atoms with E-state index in [1.165, 1.54) is 0 Å². The molecule has 0 aliphatic heterocycles. The molecular weight excluding hydrogens is 162 g/mol. The maximum absolute atomic E-state index is 5.59. The standard InChI is InChI=1S/C5H11Cl2P/c1-5(2,3)4-8(6)7/h4H2,1-3H3. The zero-order valence-electron chi connectivity index (χ0n) is 5.41. The fourth-order valence-electron chi connectivity index (χ4n) is 0.359. The van der Waals surface area contributed by atoms with Crippen LogP contribution in [0, 0.1) is 5.41 Å². The Balaban J connectivity index is 3.39. The van der Waals surface area contributed by atoms with Crippen molar-refractivity contribution in [2.45, 2.75) is 20.8 Å². The minimum absolute atomic E-state index is 0.287. The molecule has 0 atom stereocenters. The Morgan fingerprint density at radius 2 is 1.62 bits per heavy atom. The first kappa shape index (κ1) is 9.01. The minimum Gasteiger partial charge on any atom is -0.0781 e. The van der Waals surface area contributed by atoms with E-state index in [1.54, 1.807) is 0 Å². The molecule has 0 bridgehead atoms. The van der Waals surface area contributed by atoms with E-state index in [-0.39, 0.29) is 5.41 Å². The average Bonchev–Trinajstić information content (AvgIpc) is 1.21. The molecule has 0 spiro atoms. The first-order valence-electron chi connectivity index (χ1n) is 2.51. The highest BCUT2D eigenvalue weighted by molar-refractivity contribution is 8.03. The summed E-state index contributed by atoms with van der Waals surface area (Å²) in [5.74, 6) is 0. The summed E-state index contributed by atoms with van der Waals surface area (Å²) in [5, 5.41) is 0. The van der Waals surface area contributed by atoms with E-state index in [0.29, 0.717) is 0 Å². The van der Waals surface area contributed by atoms with Crippen molar-refractivity contribution in [1.29, 1.82) is 0 Å². The monoisotopic (exact) mass is 172 g/mol. The van der Waals surface area contributed by atoms with E-state index >= 15 is 0 Å². The highest BCUT2D eigenvalue weighted by Crippen LogP contribution is 2.50. The average molecular weight is 173 g/mol. The lowest BCUT2D eigenvalue weighted by Crippen LogP contribution is -2.07. The summed E-state index contributed by atoms with van der Waals surface area (Å²) in [7, 11) is 0. The minimum atomic E-state index is -0.744. The van der Waals surface area contributed by atoms with Gasteiger partial charge >= 0.3 is 0 Å². The van der Waals surface area contributed by atoms with Gasteiger partial charge in [-0.15, -0.1) is 0 Å². The van der Waals surface area contributed by atoms with Crippen molar-refractivity contribution in [3.05, 3.63) is 0 Å². The number of halogens is 2. The molecule has 50 valence electrons. The van der Waals surface area contributed by atoms with Crippen molar-refractivity contribution in [1.82, 2.24) is 0 Å². The van der Waals surface area contributed by atoms with Gasteiger partial charge in [-0.1, -0.05) is 43.3 Å². The molecule has 0 unspecified atom stereocenters. The largest absolute Gasteiger partial charge is 0.0859 e. The van der Waals surface area contributed by atoms with Crippen molar-refractivity contribution >= 4 is 29.1 Å². The van der Waals surface area contributed by atoms with Gasteiger partial charge in [-0.05, 0) is 5.41 Å². The smallest absolute Gasteiger partial charge is 0.0781 e. The first-order chi connectivity index (χ1) is 3.42. The summed E-state index contributed by atoms with van der Waals surface area (Å²) >= 11 is 11.2. The van der Waals surface area contributed by atoms with Crippen molar-refractivity contribution in [3.8, 4) is 0 Å². The molecule has 0 amide bonds. The predicted molar refractivity (Wildman–Crippen MR) is 42.9 cm³/mol. The van der Waals surface area contributed by atoms with E-state index in [9.17, 15) is 0 Å². The van der Waals surface area contributed by atoms with Crippen molar-refractivity contribution in [2.24, 2.45) is 5.41 Å². The van der Waals surface area contributed by atoms with Gasteiger partial charge in [-0.25, -0.2) is 0 Å². The summed E-state index contributed by atoms with van der Waals surface area (Å²) in [5.41, 5.74) is 0.287. The normalized spacial score (nSPS) is 12.8. The third-order valence-corrected chi connectivity index (χ3v) is 2.50. The van der Waals surface area contributed by atoms with Crippen molar-refractivity contribution < 1.29 is 0 Å². The fourth-order valence-corrected chi connectivity index (χ4v) is 3.23. The van der Waals surface area contributed by atoms with Crippen LogP contribution >= 0.6 is 29.1 Å². The van der Waals surface area contributed by atoms with Crippen molar-refractivity contribution in [3.63, 3.8) is 0 Å². The highest BCUT2D eigenvalue weighted by atomic mass is 35.9. The van der Waals surface area contributed by atoms with Gasteiger partial charge in [0.05, 0.1) is 6.63 Å². The maximum atomic E-state index is 5.59. The van der Waals surface area contributed by atoms with E-state index in [2.05, 4.69) is 20.8 Å². The predicted octanol–water partition coefficient (Wildman–Crippen LogP) is 3.82. The lowest BCUT2D eigenvalue weighted by atomic mass is 10.0. The maximum Gasteiger partial charge on any atom is 0.0859 e. The van der Waals surface area contributed by atoms with E-state index in [0.717, 1.165) is 6.16 Å². The second kappa shape index (κ2) is 3.25. The topological polar surface area (TPSA) is 0 Å². The summed E-state index contributed by atoms with van der Waals surface area (Å²) in [6.07, 6.45) is 0.922. The summed E-state index contributed by atoms with van der Waals surface area (Å²) in [4.78, 5) is 0. The molecule has 0 aliphatic carbocycles. The van der Waals surface area contributed by atoms with Crippen LogP contribution in [0.3, 0.4) is 0 Å². The third-order valence-electron chi connectivity index (χ3n) is 0.594. The molecule has 0 saturated carbocycles. The Kier molecular flexibility index (Phi) is 3.66. The first-order valence-corrected chi connectivity index (χ1v) is 5.84. The molecule has 0 nitrogen and oxygen atoms in total. The molecule has 0 fully saturated rings. The Morgan fingerprint density at radius 3 is 1.62 bits per heavy atom. The zero-order chi connectivity index (χ0) is 6.78. The van der Waals surface area contributed by atoms with E-state index in [4.69, 9.17) is 22.5 Å². The molecule has 0 N–H and O–H groups in total. The van der Waals surface area contributed by atoms with Crippen molar-refractivity contribution in [2.75, 3.05) is 6.16 Å². The summed E-state index contributed by atoms with van der Waals surface area (Å²) < 4.78 is 0. The van der Waals surface area contributed by atoms with Crippen LogP contribution in [0.15, 0.2) is 0 Å². The number of hydrogen-bond donors (Lipinski definition) is 0. The molecule has 8 heavy (non-hydrogen) atoms. The molecule has 0 aromatic rings. The molecule has 0 radical (unpaired) electrons. The van der Waals surface area contributed by atoms with Crippen LogP contribution in [0.1, 0.15) is 20.8 Å². The Labute approximate surface area is 61.9 Å². The van der Waals surface area contributed by atoms with Crippen LogP contribution in [0.5, 0.6) is 0 Å². The Bertz CT molecular complexity index is 65.3. The van der Waals surface area contributed by atoms with Gasteiger partial charge in [0.25, 0.3) is 0 Å². The Morgan fingerprint density at radius 1 is 1.25 bits per heavy atom. The zero-order valence-corrected chi connectivity index (χ0v) is 7.82. The second-order valence-electron chi connectivity index (χ2n) is 3.02. The third kappa shape index (κ3) is 7.01. The van der Waals surface area contributed by atoms with E-state index in [1.807, 2.05) is 0 Å². The van der Waals surface area contributed by atoms with Gasteiger partial charge < -0.3 is 0 Å². The highest BCUT2D eigenvalue weighted by Gasteiger charge is 2.14. The molecule has 3 heteroatoms. The number of hydrogen-bond acceptors (Lipinski definition) is 0. The van der Waals surface area contributed by atoms with Crippen LogP contribution in [0.4, 0.5) is 0 Å². The lowest BCUT2D eigenvalue weighted by molar-refractivity contribution is 0.479. The quantitative estimate of drug-likeness (QED) is 0.528. The molecular formula is C5H11Cl2P. The molecule has 0 heterocycles. The molecule has 0 aromatic carbocycles. The summed E-state index contributed by atoms with van der Waals surface area (Å²) in [6.45, 7) is 5.65. The van der Waals surface area contributed by atoms with Gasteiger partial charge in [0.1, 0.15) is 0 Å². The van der Waals surface area contributed by atoms with Crippen LogP contribution < -0.4 is 0 Å². The van der Waals surface area contributed by atoms with Gasteiger partial charge in [-0.3, -0.25) is 0 Å². The van der Waals surface area contributed by atoms with Crippen LogP contribution in [-0.4, -0.2) is 6.16 Å². The van der Waals surface area contributed by atoms with E-state index < -0.39 is 6.63 Å². The van der Waals surface area contributed by atoms with Gasteiger partial charge in [-0.2, -0.15) is 0 Å². The lowest BCUT2D eigenvalue weighted by Gasteiger charge is -2.17. The molecule has 0 aliphatic rings. The molecule has 0 aromatic heterocycles.